The van der Waals surface area contributed by atoms with Gasteiger partial charge in [0.2, 0.25) is 15.9 Å². The number of benzene rings is 2. The number of nitrogens with one attached hydrogen (secondary N) is 1. The molecular weight excluding hydrogens is 388 g/mol. The minimum absolute atomic E-state index is 0.110. The Labute approximate surface area is 164 Å². The zero-order valence-electron chi connectivity index (χ0n) is 14.9. The summed E-state index contributed by atoms with van der Waals surface area (Å²) in [5.74, 6) is -0.262. The van der Waals surface area contributed by atoms with Crippen LogP contribution < -0.4 is 5.32 Å². The van der Waals surface area contributed by atoms with Gasteiger partial charge in [0.05, 0.1) is 24.5 Å². The van der Waals surface area contributed by atoms with Gasteiger partial charge in [0.15, 0.2) is 0 Å². The molecule has 0 unspecified atom stereocenters. The molecule has 1 aliphatic rings. The van der Waals surface area contributed by atoms with Crippen LogP contribution in [0.3, 0.4) is 0 Å². The summed E-state index contributed by atoms with van der Waals surface area (Å²) in [6, 6.07) is 12.0. The maximum Gasteiger partial charge on any atom is 0.243 e. The SMILES string of the molecule is Cc1ccc(NC(=O)Cc2ccccc2Cl)cc1S(=O)(=O)N1CCOCC1. The van der Waals surface area contributed by atoms with Gasteiger partial charge in [0, 0.05) is 23.8 Å². The molecule has 1 aliphatic heterocycles. The Morgan fingerprint density at radius 1 is 1.19 bits per heavy atom. The minimum atomic E-state index is -3.64. The fraction of sp³-hybridized carbons (Fsp3) is 0.316. The third-order valence-corrected chi connectivity index (χ3v) is 6.78. The molecule has 27 heavy (non-hydrogen) atoms. The van der Waals surface area contributed by atoms with Gasteiger partial charge < -0.3 is 10.1 Å². The molecule has 0 bridgehead atoms. The molecule has 8 heteroatoms. The summed E-state index contributed by atoms with van der Waals surface area (Å²) in [5.41, 5.74) is 1.78. The van der Waals surface area contributed by atoms with E-state index in [0.717, 1.165) is 0 Å². The second-order valence-corrected chi connectivity index (χ2v) is 8.63. The number of carbonyl (C=O) groups is 1. The quantitative estimate of drug-likeness (QED) is 0.825. The Kier molecular flexibility index (Phi) is 6.16. The molecule has 0 saturated carbocycles. The minimum Gasteiger partial charge on any atom is -0.379 e. The summed E-state index contributed by atoms with van der Waals surface area (Å²) in [6.45, 7) is 3.15. The number of carbonyl (C=O) groups excluding carboxylic acids is 1. The number of amides is 1. The molecule has 0 aromatic heterocycles. The van der Waals surface area contributed by atoms with Crippen molar-refractivity contribution < 1.29 is 17.9 Å². The molecule has 1 N–H and O–H groups in total. The first-order chi connectivity index (χ1) is 12.9. The van der Waals surface area contributed by atoms with Crippen molar-refractivity contribution in [1.29, 1.82) is 0 Å². The molecule has 1 amide bonds. The lowest BCUT2D eigenvalue weighted by Crippen LogP contribution is -2.40. The molecule has 1 saturated heterocycles. The fourth-order valence-electron chi connectivity index (χ4n) is 2.90. The molecule has 6 nitrogen and oxygen atoms in total. The zero-order valence-corrected chi connectivity index (χ0v) is 16.5. The lowest BCUT2D eigenvalue weighted by molar-refractivity contribution is -0.115. The molecule has 2 aromatic rings. The maximum atomic E-state index is 12.9. The fourth-order valence-corrected chi connectivity index (χ4v) is 4.76. The van der Waals surface area contributed by atoms with E-state index in [2.05, 4.69) is 5.32 Å². The van der Waals surface area contributed by atoms with Gasteiger partial charge in [0.1, 0.15) is 0 Å². The predicted molar refractivity (Wildman–Crippen MR) is 105 cm³/mol. The third-order valence-electron chi connectivity index (χ3n) is 4.37. The van der Waals surface area contributed by atoms with Crippen molar-refractivity contribution >= 4 is 33.2 Å². The zero-order chi connectivity index (χ0) is 19.4. The second kappa shape index (κ2) is 8.39. The van der Waals surface area contributed by atoms with E-state index in [4.69, 9.17) is 16.3 Å². The smallest absolute Gasteiger partial charge is 0.243 e. The number of aryl methyl sites for hydroxylation is 1. The maximum absolute atomic E-state index is 12.9. The average Bonchev–Trinajstić information content (AvgIpc) is 2.66. The number of anilines is 1. The van der Waals surface area contributed by atoms with Gasteiger partial charge in [-0.3, -0.25) is 4.79 Å². The summed E-state index contributed by atoms with van der Waals surface area (Å²) in [4.78, 5) is 12.5. The highest BCUT2D eigenvalue weighted by atomic mass is 35.5. The number of rotatable bonds is 5. The molecule has 0 atom stereocenters. The highest BCUT2D eigenvalue weighted by Crippen LogP contribution is 2.25. The van der Waals surface area contributed by atoms with Crippen LogP contribution in [0.5, 0.6) is 0 Å². The predicted octanol–water partition coefficient (Wildman–Crippen LogP) is 2.85. The van der Waals surface area contributed by atoms with Gasteiger partial charge in [-0.25, -0.2) is 8.42 Å². The monoisotopic (exact) mass is 408 g/mol. The Hall–Kier alpha value is -1.93. The second-order valence-electron chi connectivity index (χ2n) is 6.31. The number of morpholine rings is 1. The van der Waals surface area contributed by atoms with E-state index >= 15 is 0 Å². The van der Waals surface area contributed by atoms with Crippen LogP contribution in [-0.2, 0) is 26.0 Å². The molecule has 0 spiro atoms. The molecule has 2 aromatic carbocycles. The molecule has 0 aliphatic carbocycles. The van der Waals surface area contributed by atoms with Gasteiger partial charge in [-0.1, -0.05) is 35.9 Å². The highest BCUT2D eigenvalue weighted by Gasteiger charge is 2.28. The number of hydrogen-bond donors (Lipinski definition) is 1. The van der Waals surface area contributed by atoms with Crippen LogP contribution in [0.1, 0.15) is 11.1 Å². The molecule has 1 fully saturated rings. The summed E-state index contributed by atoms with van der Waals surface area (Å²) in [5, 5.41) is 3.28. The Bertz CT molecular complexity index is 940. The van der Waals surface area contributed by atoms with Gasteiger partial charge in [0.25, 0.3) is 0 Å². The van der Waals surface area contributed by atoms with Gasteiger partial charge >= 0.3 is 0 Å². The standard InChI is InChI=1S/C19H21ClN2O4S/c1-14-6-7-16(21-19(23)12-15-4-2-3-5-17(15)20)13-18(14)27(24,25)22-8-10-26-11-9-22/h2-7,13H,8-12H2,1H3,(H,21,23). The van der Waals surface area contributed by atoms with Crippen LogP contribution in [-0.4, -0.2) is 44.9 Å². The largest absolute Gasteiger partial charge is 0.379 e. The van der Waals surface area contributed by atoms with Gasteiger partial charge in [-0.15, -0.1) is 0 Å². The van der Waals surface area contributed by atoms with E-state index in [9.17, 15) is 13.2 Å². The number of ether oxygens (including phenoxy) is 1. The first-order valence-corrected chi connectivity index (χ1v) is 10.4. The number of nitrogens with zero attached hydrogens (tertiary/aromatic N) is 1. The highest BCUT2D eigenvalue weighted by molar-refractivity contribution is 7.89. The number of halogens is 1. The summed E-state index contributed by atoms with van der Waals surface area (Å²) < 4.78 is 32.5. The molecular formula is C19H21ClN2O4S. The van der Waals surface area contributed by atoms with E-state index < -0.39 is 10.0 Å². The van der Waals surface area contributed by atoms with Crippen LogP contribution in [0.4, 0.5) is 5.69 Å². The first kappa shape index (κ1) is 19.8. The summed E-state index contributed by atoms with van der Waals surface area (Å²) in [6.07, 6.45) is 0.110. The van der Waals surface area contributed by atoms with Crippen molar-refractivity contribution in [3.63, 3.8) is 0 Å². The van der Waals surface area contributed by atoms with E-state index in [1.54, 1.807) is 37.3 Å². The third kappa shape index (κ3) is 4.68. The molecule has 1 heterocycles. The van der Waals surface area contributed by atoms with Crippen molar-refractivity contribution in [2.45, 2.75) is 18.2 Å². The van der Waals surface area contributed by atoms with Crippen molar-refractivity contribution in [3.05, 3.63) is 58.6 Å². The number of sulfonamides is 1. The summed E-state index contributed by atoms with van der Waals surface area (Å²) in [7, 11) is -3.64. The molecule has 144 valence electrons. The van der Waals surface area contributed by atoms with Crippen LogP contribution >= 0.6 is 11.6 Å². The normalized spacial score (nSPS) is 15.5. The van der Waals surface area contributed by atoms with Gasteiger partial charge in [-0.05, 0) is 36.2 Å². The van der Waals surface area contributed by atoms with Crippen molar-refractivity contribution in [1.82, 2.24) is 4.31 Å². The lowest BCUT2D eigenvalue weighted by atomic mass is 10.1. The summed E-state index contributed by atoms with van der Waals surface area (Å²) >= 11 is 6.09. The van der Waals surface area contributed by atoms with Crippen LogP contribution in [0.25, 0.3) is 0 Å². The van der Waals surface area contributed by atoms with Crippen molar-refractivity contribution in [3.8, 4) is 0 Å². The van der Waals surface area contributed by atoms with E-state index in [0.29, 0.717) is 48.1 Å². The van der Waals surface area contributed by atoms with Crippen LogP contribution in [0.15, 0.2) is 47.4 Å². The molecule has 0 radical (unpaired) electrons. The van der Waals surface area contributed by atoms with Crippen molar-refractivity contribution in [2.75, 3.05) is 31.6 Å². The Balaban J connectivity index is 1.79. The van der Waals surface area contributed by atoms with Crippen molar-refractivity contribution in [2.24, 2.45) is 0 Å². The lowest BCUT2D eigenvalue weighted by Gasteiger charge is -2.26. The number of hydrogen-bond acceptors (Lipinski definition) is 4. The first-order valence-electron chi connectivity index (χ1n) is 8.60. The topological polar surface area (TPSA) is 75.7 Å². The van der Waals surface area contributed by atoms with Crippen LogP contribution in [0.2, 0.25) is 5.02 Å². The van der Waals surface area contributed by atoms with E-state index in [1.165, 1.54) is 10.4 Å². The van der Waals surface area contributed by atoms with E-state index in [-0.39, 0.29) is 17.2 Å². The van der Waals surface area contributed by atoms with Gasteiger partial charge in [-0.2, -0.15) is 4.31 Å². The average molecular weight is 409 g/mol. The van der Waals surface area contributed by atoms with E-state index in [1.807, 2.05) is 6.07 Å². The van der Waals surface area contributed by atoms with Crippen LogP contribution in [0, 0.1) is 6.92 Å². The Morgan fingerprint density at radius 3 is 2.59 bits per heavy atom. The molecule has 3 rings (SSSR count). The Morgan fingerprint density at radius 2 is 1.89 bits per heavy atom.